The van der Waals surface area contributed by atoms with E-state index in [9.17, 15) is 10.0 Å². The number of hydrogen-bond acceptors (Lipinski definition) is 7. The average molecular weight is 468 g/mol. The Balaban J connectivity index is 1.63. The Morgan fingerprint density at radius 2 is 1.71 bits per heavy atom. The quantitative estimate of drug-likeness (QED) is 0.399. The lowest BCUT2D eigenvalue weighted by Crippen LogP contribution is -2.43. The molecule has 34 heavy (non-hydrogen) atoms. The van der Waals surface area contributed by atoms with E-state index < -0.39 is 6.03 Å². The van der Waals surface area contributed by atoms with Gasteiger partial charge in [0.1, 0.15) is 23.8 Å². The highest BCUT2D eigenvalue weighted by Gasteiger charge is 2.29. The van der Waals surface area contributed by atoms with Crippen LogP contribution in [0.2, 0.25) is 0 Å². The van der Waals surface area contributed by atoms with Gasteiger partial charge in [0.15, 0.2) is 11.7 Å². The summed E-state index contributed by atoms with van der Waals surface area (Å²) >= 11 is 0. The summed E-state index contributed by atoms with van der Waals surface area (Å²) in [5, 5.41) is 19.0. The molecule has 0 saturated carbocycles. The second-order valence-corrected chi connectivity index (χ2v) is 8.12. The third-order valence-electron chi connectivity index (χ3n) is 5.88. The van der Waals surface area contributed by atoms with Crippen molar-refractivity contribution in [2.45, 2.75) is 18.8 Å². The Morgan fingerprint density at radius 3 is 2.29 bits per heavy atom. The molecule has 1 fully saturated rings. The van der Waals surface area contributed by atoms with Crippen molar-refractivity contribution < 1.29 is 29.0 Å². The Bertz CT molecular complexity index is 1090. The van der Waals surface area contributed by atoms with E-state index in [1.165, 1.54) is 7.05 Å². The first kappa shape index (κ1) is 23.6. The zero-order valence-electron chi connectivity index (χ0n) is 19.3. The van der Waals surface area contributed by atoms with Crippen LogP contribution in [0, 0.1) is 0 Å². The van der Waals surface area contributed by atoms with Crippen LogP contribution in [-0.2, 0) is 0 Å². The number of rotatable bonds is 7. The Morgan fingerprint density at radius 1 is 1.09 bits per heavy atom. The SMILES string of the molecule is COc1ccc(-c2nc(C3CCN(C(=O)N(C)O)CC3)oc2-c2ccc(OCCO)cc2)cc1. The molecule has 0 atom stereocenters. The lowest BCUT2D eigenvalue weighted by Gasteiger charge is -2.31. The van der Waals surface area contributed by atoms with Crippen LogP contribution >= 0.6 is 0 Å². The standard InChI is InChI=1S/C25H29N3O6/c1-27(31)25(30)28-13-11-19(12-14-28)24-26-22(17-3-7-20(32-2)8-4-17)23(34-24)18-5-9-21(10-6-18)33-16-15-29/h3-10,19,29,31H,11-16H2,1-2H3. The summed E-state index contributed by atoms with van der Waals surface area (Å²) in [4.78, 5) is 18.5. The summed E-state index contributed by atoms with van der Waals surface area (Å²) < 4.78 is 17.1. The Hall–Kier alpha value is -3.56. The van der Waals surface area contributed by atoms with Crippen molar-refractivity contribution in [3.8, 4) is 34.1 Å². The zero-order chi connectivity index (χ0) is 24.1. The molecule has 1 aromatic heterocycles. The minimum atomic E-state index is -0.408. The number of hydrogen-bond donors (Lipinski definition) is 2. The summed E-state index contributed by atoms with van der Waals surface area (Å²) in [5.74, 6) is 2.76. The van der Waals surface area contributed by atoms with Crippen LogP contribution in [0.15, 0.2) is 52.9 Å². The molecule has 0 bridgehead atoms. The highest BCUT2D eigenvalue weighted by atomic mass is 16.5. The molecule has 2 aromatic carbocycles. The van der Waals surface area contributed by atoms with Gasteiger partial charge < -0.3 is 23.9 Å². The van der Waals surface area contributed by atoms with Crippen LogP contribution in [0.1, 0.15) is 24.7 Å². The van der Waals surface area contributed by atoms with Gasteiger partial charge in [-0.05, 0) is 61.4 Å². The van der Waals surface area contributed by atoms with Crippen molar-refractivity contribution in [2.75, 3.05) is 40.5 Å². The number of methoxy groups -OCH3 is 1. The number of ether oxygens (including phenoxy) is 2. The lowest BCUT2D eigenvalue weighted by atomic mass is 9.97. The largest absolute Gasteiger partial charge is 0.497 e. The van der Waals surface area contributed by atoms with Crippen LogP contribution in [0.3, 0.4) is 0 Å². The van der Waals surface area contributed by atoms with E-state index in [0.29, 0.717) is 48.4 Å². The van der Waals surface area contributed by atoms with Crippen molar-refractivity contribution >= 4 is 6.03 Å². The monoisotopic (exact) mass is 467 g/mol. The molecule has 9 heteroatoms. The number of nitrogens with zero attached hydrogens (tertiary/aromatic N) is 3. The second-order valence-electron chi connectivity index (χ2n) is 8.12. The first-order chi connectivity index (χ1) is 16.5. The topological polar surface area (TPSA) is 109 Å². The van der Waals surface area contributed by atoms with Gasteiger partial charge in [-0.1, -0.05) is 0 Å². The minimum Gasteiger partial charge on any atom is -0.497 e. The van der Waals surface area contributed by atoms with Gasteiger partial charge in [-0.3, -0.25) is 5.21 Å². The van der Waals surface area contributed by atoms with Crippen LogP contribution < -0.4 is 9.47 Å². The van der Waals surface area contributed by atoms with E-state index in [2.05, 4.69) is 0 Å². The normalized spacial score (nSPS) is 14.2. The van der Waals surface area contributed by atoms with Crippen molar-refractivity contribution in [3.05, 3.63) is 54.4 Å². The summed E-state index contributed by atoms with van der Waals surface area (Å²) in [6.45, 7) is 1.21. The number of amides is 2. The van der Waals surface area contributed by atoms with Crippen LogP contribution in [0.5, 0.6) is 11.5 Å². The molecule has 0 aliphatic carbocycles. The number of aromatic nitrogens is 1. The molecule has 2 N–H and O–H groups in total. The Labute approximate surface area is 198 Å². The van der Waals surface area contributed by atoms with Crippen molar-refractivity contribution in [3.63, 3.8) is 0 Å². The second kappa shape index (κ2) is 10.6. The number of carbonyl (C=O) groups is 1. The molecular formula is C25H29N3O6. The maximum absolute atomic E-state index is 12.0. The van der Waals surface area contributed by atoms with Gasteiger partial charge in [-0.15, -0.1) is 0 Å². The molecule has 1 aliphatic rings. The number of benzene rings is 2. The van der Waals surface area contributed by atoms with Gasteiger partial charge >= 0.3 is 6.03 Å². The lowest BCUT2D eigenvalue weighted by molar-refractivity contribution is -0.0358. The summed E-state index contributed by atoms with van der Waals surface area (Å²) in [6.07, 6.45) is 1.38. The van der Waals surface area contributed by atoms with E-state index in [0.717, 1.165) is 22.6 Å². The molecule has 4 rings (SSSR count). The average Bonchev–Trinajstić information content (AvgIpc) is 3.33. The number of aliphatic hydroxyl groups excluding tert-OH is 1. The number of urea groups is 1. The van der Waals surface area contributed by atoms with Crippen molar-refractivity contribution in [1.82, 2.24) is 14.9 Å². The molecule has 0 spiro atoms. The summed E-state index contributed by atoms with van der Waals surface area (Å²) in [6, 6.07) is 14.7. The molecule has 2 heterocycles. The van der Waals surface area contributed by atoms with Crippen LogP contribution in [-0.4, -0.2) is 71.8 Å². The van der Waals surface area contributed by atoms with Gasteiger partial charge in [-0.2, -0.15) is 0 Å². The molecule has 1 aliphatic heterocycles. The number of likely N-dealkylation sites (tertiary alicyclic amines) is 1. The van der Waals surface area contributed by atoms with Crippen LogP contribution in [0.4, 0.5) is 4.79 Å². The molecule has 0 unspecified atom stereocenters. The molecule has 0 radical (unpaired) electrons. The predicted molar refractivity (Wildman–Crippen MR) is 125 cm³/mol. The fourth-order valence-electron chi connectivity index (χ4n) is 4.04. The molecular weight excluding hydrogens is 438 g/mol. The molecule has 9 nitrogen and oxygen atoms in total. The molecule has 3 aromatic rings. The number of hydroxylamine groups is 2. The fourth-order valence-corrected chi connectivity index (χ4v) is 4.04. The van der Waals surface area contributed by atoms with E-state index in [-0.39, 0.29) is 19.1 Å². The summed E-state index contributed by atoms with van der Waals surface area (Å²) in [7, 11) is 2.96. The van der Waals surface area contributed by atoms with Crippen molar-refractivity contribution in [2.24, 2.45) is 0 Å². The maximum Gasteiger partial charge on any atom is 0.343 e. The molecule has 1 saturated heterocycles. The predicted octanol–water partition coefficient (Wildman–Crippen LogP) is 4.01. The maximum atomic E-state index is 12.0. The van der Waals surface area contributed by atoms with Gasteiger partial charge in [0.05, 0.1) is 13.7 Å². The number of piperidine rings is 1. The van der Waals surface area contributed by atoms with Gasteiger partial charge in [0.25, 0.3) is 0 Å². The van der Waals surface area contributed by atoms with Crippen LogP contribution in [0.25, 0.3) is 22.6 Å². The van der Waals surface area contributed by atoms with E-state index in [1.54, 1.807) is 12.0 Å². The van der Waals surface area contributed by atoms with Gasteiger partial charge in [0, 0.05) is 37.2 Å². The third kappa shape index (κ3) is 5.16. The van der Waals surface area contributed by atoms with E-state index in [4.69, 9.17) is 24.0 Å². The smallest absolute Gasteiger partial charge is 0.343 e. The zero-order valence-corrected chi connectivity index (χ0v) is 19.3. The molecule has 2 amide bonds. The number of aliphatic hydroxyl groups is 1. The first-order valence-corrected chi connectivity index (χ1v) is 11.2. The van der Waals surface area contributed by atoms with Gasteiger partial charge in [0.2, 0.25) is 0 Å². The highest BCUT2D eigenvalue weighted by Crippen LogP contribution is 2.38. The number of oxazole rings is 1. The first-order valence-electron chi connectivity index (χ1n) is 11.2. The Kier molecular flexibility index (Phi) is 7.34. The van der Waals surface area contributed by atoms with Gasteiger partial charge in [-0.25, -0.2) is 14.8 Å². The summed E-state index contributed by atoms with van der Waals surface area (Å²) in [5.41, 5.74) is 2.49. The molecule has 180 valence electrons. The highest BCUT2D eigenvalue weighted by molar-refractivity contribution is 5.77. The number of carbonyl (C=O) groups excluding carboxylic acids is 1. The minimum absolute atomic E-state index is 0.0478. The fraction of sp³-hybridized carbons (Fsp3) is 0.360. The van der Waals surface area contributed by atoms with Crippen molar-refractivity contribution in [1.29, 1.82) is 0 Å². The van der Waals surface area contributed by atoms with E-state index >= 15 is 0 Å². The van der Waals surface area contributed by atoms with E-state index in [1.807, 2.05) is 48.5 Å². The third-order valence-corrected chi connectivity index (χ3v) is 5.88.